The predicted molar refractivity (Wildman–Crippen MR) is 62.3 cm³/mol. The van der Waals surface area contributed by atoms with E-state index >= 15 is 0 Å². The summed E-state index contributed by atoms with van der Waals surface area (Å²) in [7, 11) is -3.28. The van der Waals surface area contributed by atoms with Crippen LogP contribution in [0, 0.1) is 0 Å². The number of ether oxygens (including phenoxy) is 1. The van der Waals surface area contributed by atoms with Gasteiger partial charge in [-0.1, -0.05) is 12.1 Å². The fourth-order valence-electron chi connectivity index (χ4n) is 1.38. The number of aliphatic hydroxyl groups excluding tert-OH is 1. The Balaban J connectivity index is 2.63. The number of sulfone groups is 1. The summed E-state index contributed by atoms with van der Waals surface area (Å²) in [6.45, 7) is -3.08. The third kappa shape index (κ3) is 5.42. The van der Waals surface area contributed by atoms with Gasteiger partial charge in [0.2, 0.25) is 0 Å². The SMILES string of the molecule is O=S(=O)(CCCO)Cc1ccc(OC(F)F)cc1. The molecule has 0 fully saturated rings. The molecule has 4 nitrogen and oxygen atoms in total. The second-order valence-corrected chi connectivity index (χ2v) is 5.88. The van der Waals surface area contributed by atoms with Crippen molar-refractivity contribution in [2.24, 2.45) is 0 Å². The number of hydrogen-bond donors (Lipinski definition) is 1. The maximum Gasteiger partial charge on any atom is 0.387 e. The van der Waals surface area contributed by atoms with Crippen LogP contribution in [0.1, 0.15) is 12.0 Å². The monoisotopic (exact) mass is 280 g/mol. The van der Waals surface area contributed by atoms with Gasteiger partial charge in [0.1, 0.15) is 5.75 Å². The van der Waals surface area contributed by atoms with Crippen molar-refractivity contribution in [2.45, 2.75) is 18.8 Å². The number of alkyl halides is 2. The molecule has 0 unspecified atom stereocenters. The highest BCUT2D eigenvalue weighted by Crippen LogP contribution is 2.16. The summed E-state index contributed by atoms with van der Waals surface area (Å²) in [5, 5.41) is 8.56. The number of halogens is 2. The second-order valence-electron chi connectivity index (χ2n) is 3.69. The van der Waals surface area contributed by atoms with Gasteiger partial charge in [0.15, 0.2) is 9.84 Å². The van der Waals surface area contributed by atoms with Crippen LogP contribution in [0.2, 0.25) is 0 Å². The van der Waals surface area contributed by atoms with Gasteiger partial charge in [0.25, 0.3) is 0 Å². The molecule has 0 saturated carbocycles. The first kappa shape index (κ1) is 14.8. The van der Waals surface area contributed by atoms with Crippen LogP contribution in [0.3, 0.4) is 0 Å². The summed E-state index contributed by atoms with van der Waals surface area (Å²) in [6, 6.07) is 5.44. The average molecular weight is 280 g/mol. The lowest BCUT2D eigenvalue weighted by atomic mass is 10.2. The summed E-state index contributed by atoms with van der Waals surface area (Å²) >= 11 is 0. The zero-order valence-corrected chi connectivity index (χ0v) is 10.4. The minimum Gasteiger partial charge on any atom is -0.435 e. The fourth-order valence-corrected chi connectivity index (χ4v) is 2.79. The maximum absolute atomic E-state index is 11.9. The number of aliphatic hydroxyl groups is 1. The Morgan fingerprint density at radius 1 is 1.22 bits per heavy atom. The molecule has 7 heteroatoms. The van der Waals surface area contributed by atoms with Crippen molar-refractivity contribution < 1.29 is 27.0 Å². The predicted octanol–water partition coefficient (Wildman–Crippen LogP) is 1.59. The van der Waals surface area contributed by atoms with Crippen molar-refractivity contribution in [3.05, 3.63) is 29.8 Å². The van der Waals surface area contributed by atoms with E-state index in [1.807, 2.05) is 0 Å². The Morgan fingerprint density at radius 2 is 1.83 bits per heavy atom. The van der Waals surface area contributed by atoms with Gasteiger partial charge in [-0.15, -0.1) is 0 Å². The summed E-state index contributed by atoms with van der Waals surface area (Å²) in [5.41, 5.74) is 0.495. The van der Waals surface area contributed by atoms with Gasteiger partial charge >= 0.3 is 6.61 Å². The van der Waals surface area contributed by atoms with Crippen LogP contribution >= 0.6 is 0 Å². The molecule has 0 bridgehead atoms. The van der Waals surface area contributed by atoms with Crippen LogP contribution in [0.15, 0.2) is 24.3 Å². The molecular formula is C11H14F2O4S. The van der Waals surface area contributed by atoms with Crippen molar-refractivity contribution >= 4 is 9.84 Å². The highest BCUT2D eigenvalue weighted by Gasteiger charge is 2.12. The van der Waals surface area contributed by atoms with Crippen molar-refractivity contribution in [1.29, 1.82) is 0 Å². The van der Waals surface area contributed by atoms with E-state index in [9.17, 15) is 17.2 Å². The molecule has 1 aromatic carbocycles. The second kappa shape index (κ2) is 6.65. The quantitative estimate of drug-likeness (QED) is 0.823. The summed E-state index contributed by atoms with van der Waals surface area (Å²) in [5.74, 6) is -0.290. The van der Waals surface area contributed by atoms with E-state index in [1.165, 1.54) is 24.3 Å². The standard InChI is InChI=1S/C11H14F2O4S/c12-11(13)17-10-4-2-9(3-5-10)8-18(15,16)7-1-6-14/h2-5,11,14H,1,6-8H2. The van der Waals surface area contributed by atoms with Crippen LogP contribution in [0.5, 0.6) is 5.75 Å². The molecule has 0 spiro atoms. The van der Waals surface area contributed by atoms with Gasteiger partial charge in [-0.2, -0.15) is 8.78 Å². The summed E-state index contributed by atoms with van der Waals surface area (Å²) in [6.07, 6.45) is 0.189. The number of rotatable bonds is 7. The topological polar surface area (TPSA) is 63.6 Å². The van der Waals surface area contributed by atoms with E-state index in [2.05, 4.69) is 4.74 Å². The Kier molecular flexibility index (Phi) is 5.49. The molecule has 0 aliphatic carbocycles. The maximum atomic E-state index is 11.9. The molecule has 0 radical (unpaired) electrons. The van der Waals surface area contributed by atoms with Crippen LogP contribution in [0.4, 0.5) is 8.78 Å². The molecule has 0 aromatic heterocycles. The molecule has 0 saturated heterocycles. The van der Waals surface area contributed by atoms with Gasteiger partial charge in [0.05, 0.1) is 11.5 Å². The minimum atomic E-state index is -3.28. The van der Waals surface area contributed by atoms with Gasteiger partial charge in [0, 0.05) is 6.61 Å². The van der Waals surface area contributed by atoms with E-state index < -0.39 is 16.4 Å². The first-order valence-electron chi connectivity index (χ1n) is 5.28. The van der Waals surface area contributed by atoms with Gasteiger partial charge in [-0.05, 0) is 24.1 Å². The van der Waals surface area contributed by atoms with Crippen molar-refractivity contribution in [3.8, 4) is 5.75 Å². The van der Waals surface area contributed by atoms with Crippen molar-refractivity contribution in [2.75, 3.05) is 12.4 Å². The van der Waals surface area contributed by atoms with Crippen molar-refractivity contribution in [1.82, 2.24) is 0 Å². The molecule has 18 heavy (non-hydrogen) atoms. The van der Waals surface area contributed by atoms with Crippen molar-refractivity contribution in [3.63, 3.8) is 0 Å². The molecular weight excluding hydrogens is 266 g/mol. The Morgan fingerprint density at radius 3 is 2.33 bits per heavy atom. The highest BCUT2D eigenvalue weighted by molar-refractivity contribution is 7.90. The van der Waals surface area contributed by atoms with Crippen LogP contribution < -0.4 is 4.74 Å². The Hall–Kier alpha value is -1.21. The highest BCUT2D eigenvalue weighted by atomic mass is 32.2. The first-order valence-corrected chi connectivity index (χ1v) is 7.10. The van der Waals surface area contributed by atoms with E-state index in [0.29, 0.717) is 5.56 Å². The van der Waals surface area contributed by atoms with E-state index in [-0.39, 0.29) is 30.3 Å². The summed E-state index contributed by atoms with van der Waals surface area (Å²) in [4.78, 5) is 0. The molecule has 1 rings (SSSR count). The van der Waals surface area contributed by atoms with E-state index in [4.69, 9.17) is 5.11 Å². The van der Waals surface area contributed by atoms with Gasteiger partial charge in [-0.3, -0.25) is 0 Å². The Labute approximate surface area is 104 Å². The third-order valence-corrected chi connectivity index (χ3v) is 3.83. The minimum absolute atomic E-state index is 0.0125. The zero-order chi connectivity index (χ0) is 13.6. The molecule has 102 valence electrons. The number of benzene rings is 1. The Bertz CT molecular complexity index is 456. The largest absolute Gasteiger partial charge is 0.435 e. The smallest absolute Gasteiger partial charge is 0.387 e. The lowest BCUT2D eigenvalue weighted by molar-refractivity contribution is -0.0498. The molecule has 0 atom stereocenters. The molecule has 0 heterocycles. The molecule has 0 aliphatic heterocycles. The zero-order valence-electron chi connectivity index (χ0n) is 9.55. The normalized spacial score (nSPS) is 11.8. The van der Waals surface area contributed by atoms with Crippen LogP contribution in [-0.4, -0.2) is 32.5 Å². The molecule has 0 aliphatic rings. The first-order chi connectivity index (χ1) is 8.43. The average Bonchev–Trinajstić information content (AvgIpc) is 2.28. The molecule has 1 N–H and O–H groups in total. The third-order valence-electron chi connectivity index (χ3n) is 2.15. The lowest BCUT2D eigenvalue weighted by Crippen LogP contribution is -2.10. The van der Waals surface area contributed by atoms with Gasteiger partial charge < -0.3 is 9.84 Å². The van der Waals surface area contributed by atoms with Gasteiger partial charge in [-0.25, -0.2) is 8.42 Å². The lowest BCUT2D eigenvalue weighted by Gasteiger charge is -2.06. The number of hydrogen-bond acceptors (Lipinski definition) is 4. The molecule has 0 amide bonds. The fraction of sp³-hybridized carbons (Fsp3) is 0.455. The van der Waals surface area contributed by atoms with Crippen LogP contribution in [-0.2, 0) is 15.6 Å². The van der Waals surface area contributed by atoms with E-state index in [1.54, 1.807) is 0 Å². The van der Waals surface area contributed by atoms with E-state index in [0.717, 1.165) is 0 Å². The van der Waals surface area contributed by atoms with Crippen LogP contribution in [0.25, 0.3) is 0 Å². The molecule has 1 aromatic rings. The summed E-state index contributed by atoms with van der Waals surface area (Å²) < 4.78 is 51.0.